The Morgan fingerprint density at radius 3 is 3.18 bits per heavy atom. The van der Waals surface area contributed by atoms with E-state index >= 15 is 0 Å². The summed E-state index contributed by atoms with van der Waals surface area (Å²) in [5.74, 6) is 0.673. The van der Waals surface area contributed by atoms with E-state index in [9.17, 15) is 4.39 Å². The first-order chi connectivity index (χ1) is 8.24. The van der Waals surface area contributed by atoms with Gasteiger partial charge in [0.25, 0.3) is 0 Å². The minimum Gasteiger partial charge on any atom is -0.368 e. The van der Waals surface area contributed by atoms with E-state index in [0.29, 0.717) is 13.1 Å². The largest absolute Gasteiger partial charge is 0.368 e. The van der Waals surface area contributed by atoms with Crippen molar-refractivity contribution in [3.63, 3.8) is 0 Å². The molecule has 0 bridgehead atoms. The first-order valence-corrected chi connectivity index (χ1v) is 5.55. The molecule has 3 N–H and O–H groups in total. The molecule has 0 saturated heterocycles. The second-order valence-corrected chi connectivity index (χ2v) is 4.24. The van der Waals surface area contributed by atoms with Crippen molar-refractivity contribution < 1.29 is 4.39 Å². The number of hydrogen-bond donors (Lipinski definition) is 2. The zero-order chi connectivity index (χ0) is 11.8. The van der Waals surface area contributed by atoms with Crippen LogP contribution < -0.4 is 11.1 Å². The lowest BCUT2D eigenvalue weighted by molar-refractivity contribution is 0.502. The number of benzene rings is 1. The van der Waals surface area contributed by atoms with Gasteiger partial charge in [0.05, 0.1) is 12.7 Å². The maximum Gasteiger partial charge on any atom is 0.132 e. The zero-order valence-electron chi connectivity index (χ0n) is 9.23. The topological polar surface area (TPSA) is 55.9 Å². The Morgan fingerprint density at radius 1 is 1.47 bits per heavy atom. The van der Waals surface area contributed by atoms with E-state index in [1.54, 1.807) is 12.3 Å². The molecule has 0 radical (unpaired) electrons. The van der Waals surface area contributed by atoms with Crippen molar-refractivity contribution in [3.8, 4) is 11.1 Å². The molecule has 3 rings (SSSR count). The average molecular weight is 232 g/mol. The predicted molar refractivity (Wildman–Crippen MR) is 64.1 cm³/mol. The molecule has 88 valence electrons. The lowest BCUT2D eigenvalue weighted by atomic mass is 10.1. The van der Waals surface area contributed by atoms with Crippen LogP contribution in [0.3, 0.4) is 0 Å². The standard InChI is InChI=1S/C12H13FN4/c13-9-3-1-2-8(4-9)11-6-16-17-7-10(14)5-15-12(11)17/h1-4,6,10,15H,5,7,14H2. The highest BCUT2D eigenvalue weighted by Crippen LogP contribution is 2.29. The number of nitrogens with one attached hydrogen (secondary N) is 1. The Bertz CT molecular complexity index is 549. The number of nitrogens with zero attached hydrogens (tertiary/aromatic N) is 2. The monoisotopic (exact) mass is 232 g/mol. The molecule has 1 unspecified atom stereocenters. The summed E-state index contributed by atoms with van der Waals surface area (Å²) in [4.78, 5) is 0. The SMILES string of the molecule is NC1CNc2c(-c3cccc(F)c3)cnn2C1. The minimum absolute atomic E-state index is 0.0720. The maximum atomic E-state index is 13.2. The number of halogens is 1. The fourth-order valence-electron chi connectivity index (χ4n) is 2.09. The van der Waals surface area contributed by atoms with Crippen molar-refractivity contribution in [1.82, 2.24) is 9.78 Å². The summed E-state index contributed by atoms with van der Waals surface area (Å²) in [6, 6.07) is 6.58. The van der Waals surface area contributed by atoms with Crippen LogP contribution >= 0.6 is 0 Å². The lowest BCUT2D eigenvalue weighted by Crippen LogP contribution is -2.38. The van der Waals surface area contributed by atoms with Crippen LogP contribution in [0.2, 0.25) is 0 Å². The van der Waals surface area contributed by atoms with Gasteiger partial charge in [-0.15, -0.1) is 0 Å². The normalized spacial score (nSPS) is 18.6. The highest BCUT2D eigenvalue weighted by atomic mass is 19.1. The Labute approximate surface area is 98.2 Å². The van der Waals surface area contributed by atoms with Crippen LogP contribution in [0.5, 0.6) is 0 Å². The van der Waals surface area contributed by atoms with Gasteiger partial charge in [-0.2, -0.15) is 5.10 Å². The molecule has 17 heavy (non-hydrogen) atoms. The molecule has 5 heteroatoms. The van der Waals surface area contributed by atoms with Crippen molar-refractivity contribution in [2.45, 2.75) is 12.6 Å². The molecular formula is C12H13FN4. The smallest absolute Gasteiger partial charge is 0.132 e. The van der Waals surface area contributed by atoms with Gasteiger partial charge >= 0.3 is 0 Å². The van der Waals surface area contributed by atoms with Gasteiger partial charge < -0.3 is 11.1 Å². The molecule has 1 aromatic carbocycles. The second-order valence-electron chi connectivity index (χ2n) is 4.24. The van der Waals surface area contributed by atoms with Crippen molar-refractivity contribution in [3.05, 3.63) is 36.3 Å². The number of hydrogen-bond acceptors (Lipinski definition) is 3. The Kier molecular flexibility index (Phi) is 2.33. The van der Waals surface area contributed by atoms with Crippen LogP contribution in [-0.2, 0) is 6.54 Å². The molecule has 1 aliphatic heterocycles. The predicted octanol–water partition coefficient (Wildman–Crippen LogP) is 1.44. The van der Waals surface area contributed by atoms with Gasteiger partial charge in [0.15, 0.2) is 0 Å². The van der Waals surface area contributed by atoms with E-state index in [2.05, 4.69) is 10.4 Å². The Morgan fingerprint density at radius 2 is 2.35 bits per heavy atom. The fourth-order valence-corrected chi connectivity index (χ4v) is 2.09. The van der Waals surface area contributed by atoms with Crippen LogP contribution in [0.25, 0.3) is 11.1 Å². The first kappa shape index (κ1) is 10.3. The van der Waals surface area contributed by atoms with Crippen LogP contribution in [0.4, 0.5) is 10.2 Å². The molecule has 2 aromatic rings. The van der Waals surface area contributed by atoms with Gasteiger partial charge in [-0.05, 0) is 17.7 Å². The fraction of sp³-hybridized carbons (Fsp3) is 0.250. The van der Waals surface area contributed by atoms with E-state index in [-0.39, 0.29) is 11.9 Å². The molecule has 0 saturated carbocycles. The number of aromatic nitrogens is 2. The molecule has 1 aliphatic rings. The van der Waals surface area contributed by atoms with Crippen LogP contribution in [0.15, 0.2) is 30.5 Å². The molecule has 0 fully saturated rings. The summed E-state index contributed by atoms with van der Waals surface area (Å²) >= 11 is 0. The summed E-state index contributed by atoms with van der Waals surface area (Å²) in [5.41, 5.74) is 7.58. The van der Waals surface area contributed by atoms with Crippen molar-refractivity contribution in [1.29, 1.82) is 0 Å². The van der Waals surface area contributed by atoms with Gasteiger partial charge in [-0.25, -0.2) is 9.07 Å². The van der Waals surface area contributed by atoms with E-state index in [1.165, 1.54) is 12.1 Å². The van der Waals surface area contributed by atoms with E-state index in [4.69, 9.17) is 5.73 Å². The summed E-state index contributed by atoms with van der Waals surface area (Å²) in [6.45, 7) is 1.41. The van der Waals surface area contributed by atoms with Crippen molar-refractivity contribution >= 4 is 5.82 Å². The van der Waals surface area contributed by atoms with E-state index < -0.39 is 0 Å². The molecular weight excluding hydrogens is 219 g/mol. The number of rotatable bonds is 1. The highest BCUT2D eigenvalue weighted by molar-refractivity contribution is 5.75. The minimum atomic E-state index is -0.241. The number of anilines is 1. The second kappa shape index (κ2) is 3.85. The lowest BCUT2D eigenvalue weighted by Gasteiger charge is -2.22. The van der Waals surface area contributed by atoms with Crippen LogP contribution in [0.1, 0.15) is 0 Å². The van der Waals surface area contributed by atoms with Gasteiger partial charge in [0.1, 0.15) is 11.6 Å². The summed E-state index contributed by atoms with van der Waals surface area (Å²) in [6.07, 6.45) is 1.75. The summed E-state index contributed by atoms with van der Waals surface area (Å²) in [5, 5.41) is 7.50. The van der Waals surface area contributed by atoms with Gasteiger partial charge in [0, 0.05) is 18.2 Å². The number of fused-ring (bicyclic) bond motifs is 1. The van der Waals surface area contributed by atoms with Crippen LogP contribution in [0, 0.1) is 5.82 Å². The Hall–Kier alpha value is -1.88. The number of nitrogens with two attached hydrogens (primary N) is 1. The maximum absolute atomic E-state index is 13.2. The zero-order valence-corrected chi connectivity index (χ0v) is 9.23. The van der Waals surface area contributed by atoms with Gasteiger partial charge in [0.2, 0.25) is 0 Å². The third kappa shape index (κ3) is 1.78. The molecule has 4 nitrogen and oxygen atoms in total. The quantitative estimate of drug-likeness (QED) is 0.782. The molecule has 0 aliphatic carbocycles. The highest BCUT2D eigenvalue weighted by Gasteiger charge is 2.19. The molecule has 0 spiro atoms. The third-order valence-electron chi connectivity index (χ3n) is 2.91. The van der Waals surface area contributed by atoms with E-state index in [0.717, 1.165) is 16.9 Å². The molecule has 1 aromatic heterocycles. The van der Waals surface area contributed by atoms with Gasteiger partial charge in [-0.3, -0.25) is 0 Å². The first-order valence-electron chi connectivity index (χ1n) is 5.55. The summed E-state index contributed by atoms with van der Waals surface area (Å²) < 4.78 is 15.0. The van der Waals surface area contributed by atoms with Gasteiger partial charge in [-0.1, -0.05) is 12.1 Å². The van der Waals surface area contributed by atoms with Crippen LogP contribution in [-0.4, -0.2) is 22.4 Å². The molecule has 2 heterocycles. The summed E-state index contributed by atoms with van der Waals surface area (Å²) in [7, 11) is 0. The van der Waals surface area contributed by atoms with Crippen molar-refractivity contribution in [2.75, 3.05) is 11.9 Å². The molecule has 0 amide bonds. The van der Waals surface area contributed by atoms with E-state index in [1.807, 2.05) is 10.7 Å². The third-order valence-corrected chi connectivity index (χ3v) is 2.91. The molecule has 1 atom stereocenters. The van der Waals surface area contributed by atoms with Crippen molar-refractivity contribution in [2.24, 2.45) is 5.73 Å². The Balaban J connectivity index is 2.05. The average Bonchev–Trinajstić information content (AvgIpc) is 2.71.